The highest BCUT2D eigenvalue weighted by Gasteiger charge is 2.36. The third kappa shape index (κ3) is 3.61. The average molecular weight is 338 g/mol. The predicted molar refractivity (Wildman–Crippen MR) is 91.1 cm³/mol. The molecule has 0 atom stereocenters. The van der Waals surface area contributed by atoms with E-state index in [-0.39, 0.29) is 11.5 Å². The van der Waals surface area contributed by atoms with Crippen molar-refractivity contribution in [3.8, 4) is 0 Å². The zero-order valence-electron chi connectivity index (χ0n) is 13.6. The van der Waals surface area contributed by atoms with E-state index in [0.717, 1.165) is 38.8 Å². The number of nitrogens with zero attached hydrogens (tertiary/aromatic N) is 2. The molecule has 3 rings (SSSR count). The first-order valence-corrected chi connectivity index (χ1v) is 8.75. The van der Waals surface area contributed by atoms with Gasteiger partial charge in [-0.2, -0.15) is 0 Å². The van der Waals surface area contributed by atoms with Crippen molar-refractivity contribution in [2.24, 2.45) is 0 Å². The standard InChI is InChI=1S/C17H24ClN3O2/c1-23-17(6-5-7-17)12-20-15-14(18)10-13(11-19-15)16(22)21-8-3-2-4-9-21/h10-11H,2-9,12H2,1H3,(H,19,20). The summed E-state index contributed by atoms with van der Waals surface area (Å²) in [6.07, 6.45) is 8.27. The molecule has 0 aromatic carbocycles. The Hall–Kier alpha value is -1.33. The van der Waals surface area contributed by atoms with Crippen molar-refractivity contribution in [2.45, 2.75) is 44.1 Å². The smallest absolute Gasteiger partial charge is 0.255 e. The van der Waals surface area contributed by atoms with Crippen molar-refractivity contribution >= 4 is 23.3 Å². The molecule has 0 unspecified atom stereocenters. The number of halogens is 1. The third-order valence-electron chi connectivity index (χ3n) is 5.01. The molecule has 1 saturated heterocycles. The van der Waals surface area contributed by atoms with Gasteiger partial charge in [-0.25, -0.2) is 4.98 Å². The number of carbonyl (C=O) groups excluding carboxylic acids is 1. The largest absolute Gasteiger partial charge is 0.376 e. The van der Waals surface area contributed by atoms with Gasteiger partial charge in [0.25, 0.3) is 5.91 Å². The molecule has 1 aliphatic carbocycles. The number of aromatic nitrogens is 1. The molecule has 6 heteroatoms. The first-order valence-electron chi connectivity index (χ1n) is 8.37. The quantitative estimate of drug-likeness (QED) is 0.895. The molecule has 1 aromatic heterocycles. The molecule has 1 aromatic rings. The molecule has 1 saturated carbocycles. The number of methoxy groups -OCH3 is 1. The van der Waals surface area contributed by atoms with Gasteiger partial charge in [-0.05, 0) is 44.6 Å². The Bertz CT molecular complexity index is 563. The molecule has 5 nitrogen and oxygen atoms in total. The van der Waals surface area contributed by atoms with E-state index >= 15 is 0 Å². The summed E-state index contributed by atoms with van der Waals surface area (Å²) in [7, 11) is 1.75. The van der Waals surface area contributed by atoms with Crippen LogP contribution >= 0.6 is 11.6 Å². The summed E-state index contributed by atoms with van der Waals surface area (Å²) in [6.45, 7) is 2.34. The van der Waals surface area contributed by atoms with E-state index in [2.05, 4.69) is 10.3 Å². The molecule has 1 aliphatic heterocycles. The van der Waals surface area contributed by atoms with E-state index in [1.165, 1.54) is 12.8 Å². The molecule has 2 heterocycles. The minimum atomic E-state index is -0.0900. The van der Waals surface area contributed by atoms with Crippen LogP contribution in [0.5, 0.6) is 0 Å². The van der Waals surface area contributed by atoms with E-state index in [9.17, 15) is 4.79 Å². The van der Waals surface area contributed by atoms with Gasteiger partial charge in [0.15, 0.2) is 0 Å². The fourth-order valence-electron chi connectivity index (χ4n) is 3.23. The Kier molecular flexibility index (Phi) is 5.07. The number of ether oxygens (including phenoxy) is 1. The molecule has 126 valence electrons. The van der Waals surface area contributed by atoms with Gasteiger partial charge in [0.05, 0.1) is 16.2 Å². The summed E-state index contributed by atoms with van der Waals surface area (Å²) in [6, 6.07) is 1.72. The first-order chi connectivity index (χ1) is 11.1. The van der Waals surface area contributed by atoms with Crippen molar-refractivity contribution in [3.63, 3.8) is 0 Å². The molecular formula is C17H24ClN3O2. The lowest BCUT2D eigenvalue weighted by molar-refractivity contribution is -0.0601. The Morgan fingerprint density at radius 3 is 2.65 bits per heavy atom. The summed E-state index contributed by atoms with van der Waals surface area (Å²) in [5, 5.41) is 3.74. The van der Waals surface area contributed by atoms with Gasteiger partial charge in [0.1, 0.15) is 5.82 Å². The monoisotopic (exact) mass is 337 g/mol. The zero-order chi connectivity index (χ0) is 16.3. The molecule has 0 spiro atoms. The van der Waals surface area contributed by atoms with Crippen LogP contribution in [0, 0.1) is 0 Å². The fraction of sp³-hybridized carbons (Fsp3) is 0.647. The Morgan fingerprint density at radius 1 is 1.35 bits per heavy atom. The van der Waals surface area contributed by atoms with Gasteiger partial charge in [-0.15, -0.1) is 0 Å². The summed E-state index contributed by atoms with van der Waals surface area (Å²) in [4.78, 5) is 18.7. The minimum absolute atomic E-state index is 0.0259. The number of likely N-dealkylation sites (tertiary alicyclic amines) is 1. The highest BCUT2D eigenvalue weighted by molar-refractivity contribution is 6.33. The maximum absolute atomic E-state index is 12.5. The number of carbonyl (C=O) groups is 1. The van der Waals surface area contributed by atoms with Gasteiger partial charge in [-0.1, -0.05) is 11.6 Å². The van der Waals surface area contributed by atoms with Crippen molar-refractivity contribution in [2.75, 3.05) is 32.1 Å². The summed E-state index contributed by atoms with van der Waals surface area (Å²) >= 11 is 6.31. The highest BCUT2D eigenvalue weighted by atomic mass is 35.5. The van der Waals surface area contributed by atoms with Crippen molar-refractivity contribution in [1.29, 1.82) is 0 Å². The Balaban J connectivity index is 1.64. The van der Waals surface area contributed by atoms with Crippen LogP contribution in [0.15, 0.2) is 12.3 Å². The maximum Gasteiger partial charge on any atom is 0.255 e. The molecule has 0 radical (unpaired) electrons. The number of nitrogens with one attached hydrogen (secondary N) is 1. The van der Waals surface area contributed by atoms with E-state index in [0.29, 0.717) is 22.9 Å². The number of hydrogen-bond donors (Lipinski definition) is 1. The molecular weight excluding hydrogens is 314 g/mol. The van der Waals surface area contributed by atoms with Gasteiger partial charge in [0, 0.05) is 32.9 Å². The van der Waals surface area contributed by atoms with Crippen LogP contribution in [-0.4, -0.2) is 48.1 Å². The SMILES string of the molecule is COC1(CNc2ncc(C(=O)N3CCCCC3)cc2Cl)CCC1. The lowest BCUT2D eigenvalue weighted by Gasteiger charge is -2.40. The number of amides is 1. The lowest BCUT2D eigenvalue weighted by atomic mass is 9.80. The van der Waals surface area contributed by atoms with Crippen LogP contribution in [0.2, 0.25) is 5.02 Å². The molecule has 2 fully saturated rings. The van der Waals surface area contributed by atoms with Gasteiger partial charge >= 0.3 is 0 Å². The van der Waals surface area contributed by atoms with Crippen LogP contribution in [0.1, 0.15) is 48.9 Å². The van der Waals surface area contributed by atoms with Gasteiger partial charge in [0.2, 0.25) is 0 Å². The number of piperidine rings is 1. The minimum Gasteiger partial charge on any atom is -0.376 e. The zero-order valence-corrected chi connectivity index (χ0v) is 14.4. The maximum atomic E-state index is 12.5. The molecule has 1 N–H and O–H groups in total. The van der Waals surface area contributed by atoms with Crippen LogP contribution in [0.3, 0.4) is 0 Å². The van der Waals surface area contributed by atoms with Gasteiger partial charge < -0.3 is 15.0 Å². The summed E-state index contributed by atoms with van der Waals surface area (Å²) < 4.78 is 5.58. The van der Waals surface area contributed by atoms with Crippen LogP contribution in [0.4, 0.5) is 5.82 Å². The molecule has 2 aliphatic rings. The molecule has 0 bridgehead atoms. The molecule has 23 heavy (non-hydrogen) atoms. The Labute approximate surface area is 142 Å². The van der Waals surface area contributed by atoms with Crippen molar-refractivity contribution in [3.05, 3.63) is 22.8 Å². The topological polar surface area (TPSA) is 54.5 Å². The fourth-order valence-corrected chi connectivity index (χ4v) is 3.47. The average Bonchev–Trinajstić information content (AvgIpc) is 2.55. The third-order valence-corrected chi connectivity index (χ3v) is 5.30. The second kappa shape index (κ2) is 7.05. The van der Waals surface area contributed by atoms with Crippen LogP contribution in [0.25, 0.3) is 0 Å². The number of rotatable bonds is 5. The van der Waals surface area contributed by atoms with Crippen LogP contribution in [-0.2, 0) is 4.74 Å². The lowest BCUT2D eigenvalue weighted by Crippen LogP contribution is -2.45. The van der Waals surface area contributed by atoms with E-state index in [1.807, 2.05) is 4.90 Å². The first kappa shape index (κ1) is 16.5. The predicted octanol–water partition coefficient (Wildman–Crippen LogP) is 3.34. The number of anilines is 1. The summed E-state index contributed by atoms with van der Waals surface area (Å²) in [5.74, 6) is 0.642. The molecule has 1 amide bonds. The second-order valence-corrected chi connectivity index (χ2v) is 6.91. The number of hydrogen-bond acceptors (Lipinski definition) is 4. The normalized spacial score (nSPS) is 20.0. The van der Waals surface area contributed by atoms with Crippen molar-refractivity contribution < 1.29 is 9.53 Å². The number of pyridine rings is 1. The summed E-state index contributed by atoms with van der Waals surface area (Å²) in [5.41, 5.74) is 0.473. The van der Waals surface area contributed by atoms with E-state index in [1.54, 1.807) is 19.4 Å². The highest BCUT2D eigenvalue weighted by Crippen LogP contribution is 2.35. The van der Waals surface area contributed by atoms with Gasteiger partial charge in [-0.3, -0.25) is 4.79 Å². The van der Waals surface area contributed by atoms with E-state index < -0.39 is 0 Å². The van der Waals surface area contributed by atoms with Crippen molar-refractivity contribution in [1.82, 2.24) is 9.88 Å². The Morgan fingerprint density at radius 2 is 2.09 bits per heavy atom. The van der Waals surface area contributed by atoms with E-state index in [4.69, 9.17) is 16.3 Å². The second-order valence-electron chi connectivity index (χ2n) is 6.50. The van der Waals surface area contributed by atoms with Crippen LogP contribution < -0.4 is 5.32 Å².